The summed E-state index contributed by atoms with van der Waals surface area (Å²) in [4.78, 5) is 24.3. The van der Waals surface area contributed by atoms with Crippen LogP contribution in [0.25, 0.3) is 0 Å². The van der Waals surface area contributed by atoms with E-state index in [-0.39, 0.29) is 23.8 Å². The molecule has 0 spiro atoms. The van der Waals surface area contributed by atoms with Crippen molar-refractivity contribution in [1.82, 2.24) is 10.2 Å². The summed E-state index contributed by atoms with van der Waals surface area (Å²) in [6.45, 7) is 5.57. The number of amides is 3. The lowest BCUT2D eigenvalue weighted by atomic mass is 10.1. The predicted molar refractivity (Wildman–Crippen MR) is 55.3 cm³/mol. The molecule has 0 aromatic carbocycles. The molecule has 0 bridgehead atoms. The van der Waals surface area contributed by atoms with E-state index < -0.39 is 0 Å². The highest BCUT2D eigenvalue weighted by Crippen LogP contribution is 2.10. The number of hydrogen-bond donors (Lipinski definition) is 1. The van der Waals surface area contributed by atoms with Crippen LogP contribution in [-0.4, -0.2) is 43.6 Å². The van der Waals surface area contributed by atoms with Crippen molar-refractivity contribution in [3.63, 3.8) is 0 Å². The molecule has 1 aliphatic heterocycles. The molecular weight excluding hydrogens is 196 g/mol. The van der Waals surface area contributed by atoms with Gasteiger partial charge in [0.15, 0.2) is 0 Å². The Morgan fingerprint density at radius 3 is 2.87 bits per heavy atom. The standard InChI is InChI=1S/C10H18N2O3/c1-7(6-15-3)4-12-5-8(2)9(13)11-10(12)14/h7-8H,4-6H2,1-3H3,(H,11,13,14). The lowest BCUT2D eigenvalue weighted by Gasteiger charge is -2.32. The number of imide groups is 1. The van der Waals surface area contributed by atoms with Crippen LogP contribution in [0.2, 0.25) is 0 Å². The number of carbonyl (C=O) groups excluding carboxylic acids is 2. The number of hydrogen-bond acceptors (Lipinski definition) is 3. The molecule has 0 radical (unpaired) electrons. The molecule has 3 amide bonds. The SMILES string of the molecule is COCC(C)CN1CC(C)C(=O)NC1=O. The van der Waals surface area contributed by atoms with Gasteiger partial charge in [0, 0.05) is 20.2 Å². The van der Waals surface area contributed by atoms with Gasteiger partial charge in [-0.1, -0.05) is 13.8 Å². The lowest BCUT2D eigenvalue weighted by Crippen LogP contribution is -2.54. The Morgan fingerprint density at radius 2 is 2.27 bits per heavy atom. The van der Waals surface area contributed by atoms with E-state index in [1.807, 2.05) is 13.8 Å². The highest BCUT2D eigenvalue weighted by Gasteiger charge is 2.29. The Kier molecular flexibility index (Phi) is 4.08. The summed E-state index contributed by atoms with van der Waals surface area (Å²) < 4.78 is 5.00. The maximum absolute atomic E-state index is 11.4. The second kappa shape index (κ2) is 5.11. The number of carbonyl (C=O) groups is 2. The van der Waals surface area contributed by atoms with Crippen molar-refractivity contribution in [2.24, 2.45) is 11.8 Å². The van der Waals surface area contributed by atoms with E-state index in [1.54, 1.807) is 12.0 Å². The third-order valence-corrected chi connectivity index (χ3v) is 2.44. The van der Waals surface area contributed by atoms with E-state index in [0.717, 1.165) is 0 Å². The zero-order valence-corrected chi connectivity index (χ0v) is 9.45. The molecule has 1 N–H and O–H groups in total. The van der Waals surface area contributed by atoms with Crippen molar-refractivity contribution >= 4 is 11.9 Å². The third-order valence-electron chi connectivity index (χ3n) is 2.44. The Balaban J connectivity index is 2.47. The van der Waals surface area contributed by atoms with Gasteiger partial charge < -0.3 is 9.64 Å². The largest absolute Gasteiger partial charge is 0.384 e. The number of nitrogens with one attached hydrogen (secondary N) is 1. The number of methoxy groups -OCH3 is 1. The Hall–Kier alpha value is -1.10. The van der Waals surface area contributed by atoms with Gasteiger partial charge in [0.05, 0.1) is 12.5 Å². The first-order valence-electron chi connectivity index (χ1n) is 5.13. The lowest BCUT2D eigenvalue weighted by molar-refractivity contribution is -0.125. The van der Waals surface area contributed by atoms with Crippen LogP contribution in [0.1, 0.15) is 13.8 Å². The van der Waals surface area contributed by atoms with Crippen molar-refractivity contribution in [1.29, 1.82) is 0 Å². The average Bonchev–Trinajstić information content (AvgIpc) is 2.14. The predicted octanol–water partition coefficient (Wildman–Crippen LogP) is 0.457. The van der Waals surface area contributed by atoms with Gasteiger partial charge in [0.25, 0.3) is 0 Å². The van der Waals surface area contributed by atoms with Crippen LogP contribution in [-0.2, 0) is 9.53 Å². The zero-order chi connectivity index (χ0) is 11.4. The highest BCUT2D eigenvalue weighted by atomic mass is 16.5. The minimum atomic E-state index is -0.291. The molecule has 15 heavy (non-hydrogen) atoms. The summed E-state index contributed by atoms with van der Waals surface area (Å²) in [6.07, 6.45) is 0. The summed E-state index contributed by atoms with van der Waals surface area (Å²) >= 11 is 0. The molecule has 5 heteroatoms. The van der Waals surface area contributed by atoms with E-state index in [9.17, 15) is 9.59 Å². The van der Waals surface area contributed by atoms with Crippen LogP contribution in [0.15, 0.2) is 0 Å². The van der Waals surface area contributed by atoms with Gasteiger partial charge >= 0.3 is 6.03 Å². The molecule has 1 heterocycles. The van der Waals surface area contributed by atoms with Crippen molar-refractivity contribution in [2.45, 2.75) is 13.8 Å². The summed E-state index contributed by atoms with van der Waals surface area (Å²) in [7, 11) is 1.64. The van der Waals surface area contributed by atoms with Crippen molar-refractivity contribution in [3.05, 3.63) is 0 Å². The second-order valence-electron chi connectivity index (χ2n) is 4.16. The third kappa shape index (κ3) is 3.20. The van der Waals surface area contributed by atoms with Crippen molar-refractivity contribution in [2.75, 3.05) is 26.8 Å². The summed E-state index contributed by atoms with van der Waals surface area (Å²) in [5.41, 5.74) is 0. The van der Waals surface area contributed by atoms with Gasteiger partial charge in [-0.3, -0.25) is 10.1 Å². The van der Waals surface area contributed by atoms with E-state index in [0.29, 0.717) is 19.7 Å². The van der Waals surface area contributed by atoms with Gasteiger partial charge in [-0.15, -0.1) is 0 Å². The second-order valence-corrected chi connectivity index (χ2v) is 4.16. The molecule has 1 fully saturated rings. The van der Waals surface area contributed by atoms with E-state index in [1.165, 1.54) is 0 Å². The van der Waals surface area contributed by atoms with Crippen LogP contribution in [0.4, 0.5) is 4.79 Å². The Bertz CT molecular complexity index is 255. The summed E-state index contributed by atoms with van der Waals surface area (Å²) in [6, 6.07) is -0.291. The van der Waals surface area contributed by atoms with Gasteiger partial charge in [-0.05, 0) is 5.92 Å². The molecule has 0 aromatic heterocycles. The highest BCUT2D eigenvalue weighted by molar-refractivity contribution is 5.97. The summed E-state index contributed by atoms with van der Waals surface area (Å²) in [5.74, 6) is -0.0331. The van der Waals surface area contributed by atoms with E-state index >= 15 is 0 Å². The van der Waals surface area contributed by atoms with Gasteiger partial charge in [-0.25, -0.2) is 4.79 Å². The Morgan fingerprint density at radius 1 is 1.60 bits per heavy atom. The van der Waals surface area contributed by atoms with Crippen LogP contribution in [0, 0.1) is 11.8 Å². The number of rotatable bonds is 4. The van der Waals surface area contributed by atoms with E-state index in [2.05, 4.69) is 5.32 Å². The van der Waals surface area contributed by atoms with Gasteiger partial charge in [-0.2, -0.15) is 0 Å². The number of urea groups is 1. The normalized spacial score (nSPS) is 23.9. The molecule has 0 aliphatic carbocycles. The molecule has 2 atom stereocenters. The molecule has 1 aliphatic rings. The molecule has 2 unspecified atom stereocenters. The first-order valence-corrected chi connectivity index (χ1v) is 5.13. The molecule has 1 rings (SSSR count). The molecule has 1 saturated heterocycles. The fourth-order valence-electron chi connectivity index (χ4n) is 1.67. The molecule has 0 saturated carbocycles. The Labute approximate surface area is 89.8 Å². The first kappa shape index (κ1) is 12.0. The molecule has 0 aromatic rings. The van der Waals surface area contributed by atoms with Crippen LogP contribution in [0.5, 0.6) is 0 Å². The molecule has 5 nitrogen and oxygen atoms in total. The fraction of sp³-hybridized carbons (Fsp3) is 0.800. The van der Waals surface area contributed by atoms with Gasteiger partial charge in [0.2, 0.25) is 5.91 Å². The average molecular weight is 214 g/mol. The van der Waals surface area contributed by atoms with Crippen LogP contribution in [0.3, 0.4) is 0 Å². The monoisotopic (exact) mass is 214 g/mol. The summed E-state index contributed by atoms with van der Waals surface area (Å²) in [5, 5.41) is 2.33. The van der Waals surface area contributed by atoms with E-state index in [4.69, 9.17) is 4.74 Å². The van der Waals surface area contributed by atoms with Crippen molar-refractivity contribution in [3.8, 4) is 0 Å². The first-order chi connectivity index (χ1) is 7.04. The van der Waals surface area contributed by atoms with Crippen molar-refractivity contribution < 1.29 is 14.3 Å². The number of nitrogens with zero attached hydrogens (tertiary/aromatic N) is 1. The van der Waals surface area contributed by atoms with Crippen LogP contribution < -0.4 is 5.32 Å². The van der Waals surface area contributed by atoms with Crippen LogP contribution >= 0.6 is 0 Å². The molecule has 86 valence electrons. The maximum atomic E-state index is 11.4. The van der Waals surface area contributed by atoms with Gasteiger partial charge in [0.1, 0.15) is 0 Å². The number of ether oxygens (including phenoxy) is 1. The maximum Gasteiger partial charge on any atom is 0.324 e. The zero-order valence-electron chi connectivity index (χ0n) is 9.45. The smallest absolute Gasteiger partial charge is 0.324 e. The minimum absolute atomic E-state index is 0.127. The minimum Gasteiger partial charge on any atom is -0.384 e. The molecular formula is C10H18N2O3. The topological polar surface area (TPSA) is 58.6 Å². The fourth-order valence-corrected chi connectivity index (χ4v) is 1.67. The quantitative estimate of drug-likeness (QED) is 0.739.